The quantitative estimate of drug-likeness (QED) is 0.683. The number of amides is 2. The first-order chi connectivity index (χ1) is 14.6. The normalized spacial score (nSPS) is 15.8. The molecular formula is C23H28N2O5. The molecule has 0 radical (unpaired) electrons. The molecule has 1 heterocycles. The number of anilines is 1. The maximum absolute atomic E-state index is 12.9. The summed E-state index contributed by atoms with van der Waals surface area (Å²) in [5.74, 6) is 1.12. The van der Waals surface area contributed by atoms with Gasteiger partial charge in [0.25, 0.3) is 5.91 Å². The van der Waals surface area contributed by atoms with E-state index >= 15 is 0 Å². The number of hydrogen-bond acceptors (Lipinski definition) is 5. The monoisotopic (exact) mass is 412 g/mol. The summed E-state index contributed by atoms with van der Waals surface area (Å²) in [4.78, 5) is 27.1. The number of nitrogens with zero attached hydrogens (tertiary/aromatic N) is 1. The Kier molecular flexibility index (Phi) is 7.17. The largest absolute Gasteiger partial charge is 0.490 e. The first kappa shape index (κ1) is 21.5. The summed E-state index contributed by atoms with van der Waals surface area (Å²) in [6.45, 7) is 7.35. The minimum Gasteiger partial charge on any atom is -0.490 e. The second-order valence-corrected chi connectivity index (χ2v) is 6.82. The number of benzene rings is 2. The molecule has 1 N–H and O–H groups in total. The lowest BCUT2D eigenvalue weighted by molar-refractivity contribution is -0.117. The van der Waals surface area contributed by atoms with Gasteiger partial charge in [-0.1, -0.05) is 18.2 Å². The summed E-state index contributed by atoms with van der Waals surface area (Å²) >= 11 is 0. The van der Waals surface area contributed by atoms with E-state index in [1.54, 1.807) is 17.0 Å². The van der Waals surface area contributed by atoms with Crippen molar-refractivity contribution in [1.29, 1.82) is 0 Å². The number of ether oxygens (including phenoxy) is 3. The molecule has 160 valence electrons. The van der Waals surface area contributed by atoms with Crippen LogP contribution in [0.25, 0.3) is 0 Å². The van der Waals surface area contributed by atoms with Crippen molar-refractivity contribution in [3.63, 3.8) is 0 Å². The van der Waals surface area contributed by atoms with Crippen LogP contribution < -0.4 is 24.4 Å². The van der Waals surface area contributed by atoms with Crippen LogP contribution in [0.3, 0.4) is 0 Å². The van der Waals surface area contributed by atoms with Crippen LogP contribution in [0, 0.1) is 0 Å². The van der Waals surface area contributed by atoms with E-state index in [2.05, 4.69) is 5.32 Å². The maximum Gasteiger partial charge on any atom is 0.251 e. The highest BCUT2D eigenvalue weighted by molar-refractivity contribution is 5.99. The lowest BCUT2D eigenvalue weighted by Crippen LogP contribution is -2.37. The van der Waals surface area contributed by atoms with Gasteiger partial charge < -0.3 is 24.4 Å². The van der Waals surface area contributed by atoms with Crippen molar-refractivity contribution in [1.82, 2.24) is 5.32 Å². The van der Waals surface area contributed by atoms with Gasteiger partial charge in [0.1, 0.15) is 0 Å². The molecule has 1 fully saturated rings. The summed E-state index contributed by atoms with van der Waals surface area (Å²) in [7, 11) is 0. The van der Waals surface area contributed by atoms with E-state index in [9.17, 15) is 9.59 Å². The molecule has 2 aromatic rings. The predicted octanol–water partition coefficient (Wildman–Crippen LogP) is 3.42. The minimum absolute atomic E-state index is 0.0109. The smallest absolute Gasteiger partial charge is 0.251 e. The maximum atomic E-state index is 12.9. The first-order valence-corrected chi connectivity index (χ1v) is 10.3. The molecule has 7 heteroatoms. The molecule has 0 bridgehead atoms. The third-order valence-corrected chi connectivity index (χ3v) is 4.70. The van der Waals surface area contributed by atoms with Gasteiger partial charge in [0.15, 0.2) is 11.5 Å². The van der Waals surface area contributed by atoms with Crippen molar-refractivity contribution in [3.8, 4) is 17.2 Å². The van der Waals surface area contributed by atoms with Crippen molar-refractivity contribution < 1.29 is 23.8 Å². The van der Waals surface area contributed by atoms with Gasteiger partial charge in [-0.15, -0.1) is 0 Å². The van der Waals surface area contributed by atoms with Crippen molar-refractivity contribution in [2.24, 2.45) is 0 Å². The van der Waals surface area contributed by atoms with E-state index in [0.717, 1.165) is 5.69 Å². The number of hydrogen-bond donors (Lipinski definition) is 1. The lowest BCUT2D eigenvalue weighted by Gasteiger charge is -2.19. The Bertz CT molecular complexity index is 857. The SMILES string of the molecule is CCOc1cc(C(=O)N[C@H]2CC(=O)N(c3ccccc3)C2)cc(OCC)c1OCC. The Labute approximate surface area is 176 Å². The molecule has 0 aromatic heterocycles. The van der Waals surface area contributed by atoms with Crippen LogP contribution in [0.15, 0.2) is 42.5 Å². The number of carbonyl (C=O) groups is 2. The van der Waals surface area contributed by atoms with Gasteiger partial charge in [-0.3, -0.25) is 9.59 Å². The first-order valence-electron chi connectivity index (χ1n) is 10.3. The van der Waals surface area contributed by atoms with Crippen molar-refractivity contribution in [2.45, 2.75) is 33.2 Å². The molecule has 3 rings (SSSR count). The standard InChI is InChI=1S/C23H28N2O5/c1-4-28-19-12-16(13-20(29-5-2)22(19)30-6-3)23(27)24-17-14-21(26)25(15-17)18-10-8-7-9-11-18/h7-13,17H,4-6,14-15H2,1-3H3,(H,24,27)/t17-/m0/s1. The lowest BCUT2D eigenvalue weighted by atomic mass is 10.1. The molecular weight excluding hydrogens is 384 g/mol. The summed E-state index contributed by atoms with van der Waals surface area (Å²) in [6, 6.07) is 12.5. The minimum atomic E-state index is -0.285. The predicted molar refractivity (Wildman–Crippen MR) is 115 cm³/mol. The van der Waals surface area contributed by atoms with E-state index in [4.69, 9.17) is 14.2 Å². The number of nitrogens with one attached hydrogen (secondary N) is 1. The molecule has 0 aliphatic carbocycles. The highest BCUT2D eigenvalue weighted by Gasteiger charge is 2.32. The second-order valence-electron chi connectivity index (χ2n) is 6.82. The van der Waals surface area contributed by atoms with Crippen molar-refractivity contribution in [2.75, 3.05) is 31.3 Å². The highest BCUT2D eigenvalue weighted by Crippen LogP contribution is 2.39. The molecule has 0 spiro atoms. The Morgan fingerprint density at radius 3 is 2.17 bits per heavy atom. The Hall–Kier alpha value is -3.22. The molecule has 2 amide bonds. The zero-order chi connectivity index (χ0) is 21.5. The van der Waals surface area contributed by atoms with Crippen LogP contribution in [0.5, 0.6) is 17.2 Å². The van der Waals surface area contributed by atoms with E-state index < -0.39 is 0 Å². The van der Waals surface area contributed by atoms with Gasteiger partial charge >= 0.3 is 0 Å². The van der Waals surface area contributed by atoms with Gasteiger partial charge in [0.2, 0.25) is 11.7 Å². The summed E-state index contributed by atoms with van der Waals surface area (Å²) in [5.41, 5.74) is 1.23. The number of rotatable bonds is 9. The molecule has 30 heavy (non-hydrogen) atoms. The molecule has 1 saturated heterocycles. The third-order valence-electron chi connectivity index (χ3n) is 4.70. The summed E-state index contributed by atoms with van der Waals surface area (Å²) in [6.07, 6.45) is 0.258. The fourth-order valence-corrected chi connectivity index (χ4v) is 3.45. The Morgan fingerprint density at radius 2 is 1.60 bits per heavy atom. The fourth-order valence-electron chi connectivity index (χ4n) is 3.45. The summed E-state index contributed by atoms with van der Waals surface area (Å²) < 4.78 is 17.0. The van der Waals surface area contributed by atoms with Gasteiger partial charge in [-0.05, 0) is 45.0 Å². The zero-order valence-corrected chi connectivity index (χ0v) is 17.6. The van der Waals surface area contributed by atoms with Crippen LogP contribution in [-0.4, -0.2) is 44.2 Å². The number of carbonyl (C=O) groups excluding carboxylic acids is 2. The topological polar surface area (TPSA) is 77.1 Å². The van der Waals surface area contributed by atoms with Gasteiger partial charge in [0.05, 0.1) is 25.9 Å². The van der Waals surface area contributed by atoms with Crippen molar-refractivity contribution in [3.05, 3.63) is 48.0 Å². The van der Waals surface area contributed by atoms with Crippen LogP contribution >= 0.6 is 0 Å². The van der Waals surface area contributed by atoms with E-state index in [1.165, 1.54) is 0 Å². The van der Waals surface area contributed by atoms with E-state index in [0.29, 0.717) is 49.2 Å². The van der Waals surface area contributed by atoms with Gasteiger partial charge in [-0.2, -0.15) is 0 Å². The molecule has 1 aliphatic heterocycles. The average Bonchev–Trinajstić information content (AvgIpc) is 3.11. The van der Waals surface area contributed by atoms with Gasteiger partial charge in [0, 0.05) is 24.2 Å². The van der Waals surface area contributed by atoms with Crippen LogP contribution in [0.2, 0.25) is 0 Å². The van der Waals surface area contributed by atoms with Crippen LogP contribution in [0.1, 0.15) is 37.6 Å². The highest BCUT2D eigenvalue weighted by atomic mass is 16.5. The van der Waals surface area contributed by atoms with Crippen LogP contribution in [-0.2, 0) is 4.79 Å². The molecule has 7 nitrogen and oxygen atoms in total. The van der Waals surface area contributed by atoms with Crippen LogP contribution in [0.4, 0.5) is 5.69 Å². The summed E-state index contributed by atoms with van der Waals surface area (Å²) in [5, 5.41) is 2.96. The second kappa shape index (κ2) is 10.0. The van der Waals surface area contributed by atoms with Crippen molar-refractivity contribution >= 4 is 17.5 Å². The molecule has 1 atom stereocenters. The Morgan fingerprint density at radius 1 is 1.00 bits per heavy atom. The van der Waals surface area contributed by atoms with Gasteiger partial charge in [-0.25, -0.2) is 0 Å². The molecule has 0 saturated carbocycles. The Balaban J connectivity index is 1.78. The molecule has 2 aromatic carbocycles. The molecule has 1 aliphatic rings. The fraction of sp³-hybridized carbons (Fsp3) is 0.391. The van der Waals surface area contributed by atoms with E-state index in [1.807, 2.05) is 51.1 Å². The number of para-hydroxylation sites is 1. The molecule has 0 unspecified atom stereocenters. The van der Waals surface area contributed by atoms with E-state index in [-0.39, 0.29) is 24.3 Å². The average molecular weight is 412 g/mol. The third kappa shape index (κ3) is 4.84. The zero-order valence-electron chi connectivity index (χ0n) is 17.6.